The van der Waals surface area contributed by atoms with Crippen LogP contribution in [-0.4, -0.2) is 44.7 Å². The van der Waals surface area contributed by atoms with Crippen LogP contribution in [0.2, 0.25) is 0 Å². The maximum absolute atomic E-state index is 4.67. The third-order valence-corrected chi connectivity index (χ3v) is 1.18. The van der Waals surface area contributed by atoms with Gasteiger partial charge in [0.05, 0.1) is 6.54 Å². The molecule has 12 heavy (non-hydrogen) atoms. The van der Waals surface area contributed by atoms with Gasteiger partial charge in [-0.25, -0.2) is 4.99 Å². The lowest BCUT2D eigenvalue weighted by molar-refractivity contribution is 0.161. The van der Waals surface area contributed by atoms with Crippen LogP contribution in [0, 0.1) is 0 Å². The molecular formula is C8H17N3O. The molecular weight excluding hydrogens is 154 g/mol. The highest BCUT2D eigenvalue weighted by atomic mass is 16.6. The van der Waals surface area contributed by atoms with Crippen molar-refractivity contribution in [2.24, 2.45) is 10.1 Å². The normalized spacial score (nSPS) is 9.33. The molecule has 0 aliphatic rings. The van der Waals surface area contributed by atoms with E-state index in [1.165, 1.54) is 0 Å². The number of hydrogen-bond acceptors (Lipinski definition) is 4. The minimum absolute atomic E-state index is 0.570. The monoisotopic (exact) mass is 171 g/mol. The van der Waals surface area contributed by atoms with E-state index < -0.39 is 0 Å². The minimum Gasteiger partial charge on any atom is -0.388 e. The Morgan fingerprint density at radius 2 is 2.17 bits per heavy atom. The van der Waals surface area contributed by atoms with Crippen LogP contribution in [0.3, 0.4) is 0 Å². The van der Waals surface area contributed by atoms with E-state index in [-0.39, 0.29) is 0 Å². The first-order valence-corrected chi connectivity index (χ1v) is 4.15. The molecule has 0 atom stereocenters. The van der Waals surface area contributed by atoms with Crippen molar-refractivity contribution in [2.45, 2.75) is 13.3 Å². The molecule has 0 radical (unpaired) electrons. The molecule has 0 fully saturated rings. The Balaban J connectivity index is 3.23. The topological polar surface area (TPSA) is 37.2 Å². The van der Waals surface area contributed by atoms with Crippen LogP contribution in [-0.2, 0) is 4.84 Å². The van der Waals surface area contributed by atoms with Crippen molar-refractivity contribution in [3.63, 3.8) is 0 Å². The van der Waals surface area contributed by atoms with E-state index in [1.807, 2.05) is 21.0 Å². The molecule has 0 aliphatic carbocycles. The zero-order valence-corrected chi connectivity index (χ0v) is 8.08. The van der Waals surface area contributed by atoms with Crippen molar-refractivity contribution in [3.05, 3.63) is 0 Å². The highest BCUT2D eigenvalue weighted by molar-refractivity contribution is 5.39. The second-order valence-electron chi connectivity index (χ2n) is 2.65. The molecule has 0 bridgehead atoms. The van der Waals surface area contributed by atoms with Gasteiger partial charge < -0.3 is 9.74 Å². The molecule has 0 amide bonds. The number of nitrogens with zero attached hydrogens (tertiary/aromatic N) is 3. The van der Waals surface area contributed by atoms with Crippen molar-refractivity contribution in [1.29, 1.82) is 0 Å². The fourth-order valence-corrected chi connectivity index (χ4v) is 0.638. The van der Waals surface area contributed by atoms with Crippen molar-refractivity contribution >= 4 is 6.01 Å². The van der Waals surface area contributed by atoms with Gasteiger partial charge in [0.15, 0.2) is 0 Å². The summed E-state index contributed by atoms with van der Waals surface area (Å²) >= 11 is 0. The molecule has 0 saturated heterocycles. The first kappa shape index (κ1) is 11.1. The number of hydrogen-bond donors (Lipinski definition) is 0. The Morgan fingerprint density at radius 1 is 1.42 bits per heavy atom. The SMILES string of the molecule is CCON=C=NCCCN(C)C. The highest BCUT2D eigenvalue weighted by Gasteiger charge is 1.86. The molecule has 4 nitrogen and oxygen atoms in total. The van der Waals surface area contributed by atoms with E-state index in [0.29, 0.717) is 6.61 Å². The molecule has 0 aromatic rings. The first-order valence-electron chi connectivity index (χ1n) is 4.15. The van der Waals surface area contributed by atoms with E-state index in [4.69, 9.17) is 0 Å². The van der Waals surface area contributed by atoms with E-state index in [9.17, 15) is 0 Å². The Morgan fingerprint density at radius 3 is 2.75 bits per heavy atom. The van der Waals surface area contributed by atoms with Gasteiger partial charge in [0, 0.05) is 0 Å². The molecule has 0 rings (SSSR count). The number of rotatable bonds is 6. The molecule has 0 saturated carbocycles. The maximum atomic E-state index is 4.67. The summed E-state index contributed by atoms with van der Waals surface area (Å²) in [6, 6.07) is 2.47. The van der Waals surface area contributed by atoms with Crippen molar-refractivity contribution in [3.8, 4) is 0 Å². The lowest BCUT2D eigenvalue weighted by atomic mass is 10.4. The predicted molar refractivity (Wildman–Crippen MR) is 49.5 cm³/mol. The van der Waals surface area contributed by atoms with Gasteiger partial charge in [-0.1, -0.05) is 0 Å². The summed E-state index contributed by atoms with van der Waals surface area (Å²) in [6.07, 6.45) is 1.03. The Kier molecular flexibility index (Phi) is 7.65. The molecule has 0 spiro atoms. The van der Waals surface area contributed by atoms with Crippen molar-refractivity contribution < 1.29 is 4.84 Å². The van der Waals surface area contributed by atoms with Crippen LogP contribution in [0.5, 0.6) is 0 Å². The van der Waals surface area contributed by atoms with Gasteiger partial charge in [0.1, 0.15) is 12.6 Å². The molecule has 70 valence electrons. The van der Waals surface area contributed by atoms with Gasteiger partial charge in [0.25, 0.3) is 0 Å². The van der Waals surface area contributed by atoms with Crippen LogP contribution >= 0.6 is 0 Å². The zero-order chi connectivity index (χ0) is 9.23. The Bertz CT molecular complexity index is 150. The van der Waals surface area contributed by atoms with Gasteiger partial charge >= 0.3 is 0 Å². The fourth-order valence-electron chi connectivity index (χ4n) is 0.638. The second kappa shape index (κ2) is 8.24. The third kappa shape index (κ3) is 9.14. The van der Waals surface area contributed by atoms with E-state index in [0.717, 1.165) is 19.5 Å². The molecule has 0 aromatic carbocycles. The molecule has 0 N–H and O–H groups in total. The van der Waals surface area contributed by atoms with Gasteiger partial charge in [-0.3, -0.25) is 0 Å². The Labute approximate surface area is 73.9 Å². The predicted octanol–water partition coefficient (Wildman–Crippen LogP) is 1.06. The lowest BCUT2D eigenvalue weighted by Gasteiger charge is -2.05. The fraction of sp³-hybridized carbons (Fsp3) is 0.875. The maximum Gasteiger partial charge on any atom is 0.135 e. The van der Waals surface area contributed by atoms with Crippen LogP contribution in [0.25, 0.3) is 0 Å². The van der Waals surface area contributed by atoms with Gasteiger partial charge in [0.2, 0.25) is 0 Å². The standard InChI is InChI=1S/C8H17N3O/c1-4-12-10-8-9-6-5-7-11(2)3/h4-7H2,1-3H3. The van der Waals surface area contributed by atoms with Crippen molar-refractivity contribution in [1.82, 2.24) is 4.90 Å². The smallest absolute Gasteiger partial charge is 0.135 e. The van der Waals surface area contributed by atoms with Crippen LogP contribution in [0.1, 0.15) is 13.3 Å². The summed E-state index contributed by atoms with van der Waals surface area (Å²) in [4.78, 5) is 10.7. The third-order valence-electron chi connectivity index (χ3n) is 1.18. The van der Waals surface area contributed by atoms with Crippen LogP contribution in [0.4, 0.5) is 0 Å². The van der Waals surface area contributed by atoms with E-state index in [2.05, 4.69) is 25.9 Å². The van der Waals surface area contributed by atoms with E-state index >= 15 is 0 Å². The molecule has 0 unspecified atom stereocenters. The summed E-state index contributed by atoms with van der Waals surface area (Å²) in [5, 5.41) is 3.48. The zero-order valence-electron chi connectivity index (χ0n) is 8.08. The summed E-state index contributed by atoms with van der Waals surface area (Å²) in [5.41, 5.74) is 0. The quantitative estimate of drug-likeness (QED) is 0.340. The Hall–Kier alpha value is -0.860. The molecule has 0 aliphatic heterocycles. The van der Waals surface area contributed by atoms with Crippen LogP contribution in [0.15, 0.2) is 10.1 Å². The molecule has 0 aromatic heterocycles. The van der Waals surface area contributed by atoms with Gasteiger partial charge in [-0.2, -0.15) is 0 Å². The summed E-state index contributed by atoms with van der Waals surface area (Å²) < 4.78 is 0. The molecule has 4 heteroatoms. The largest absolute Gasteiger partial charge is 0.388 e. The van der Waals surface area contributed by atoms with Crippen molar-refractivity contribution in [2.75, 3.05) is 33.8 Å². The van der Waals surface area contributed by atoms with Crippen LogP contribution < -0.4 is 0 Å². The number of aliphatic imine (C=N–C) groups is 1. The minimum atomic E-state index is 0.570. The first-order chi connectivity index (χ1) is 5.77. The summed E-state index contributed by atoms with van der Waals surface area (Å²) in [6.45, 7) is 4.24. The molecule has 0 heterocycles. The average Bonchev–Trinajstić information content (AvgIpc) is 2.02. The summed E-state index contributed by atoms with van der Waals surface area (Å²) in [7, 11) is 4.08. The van der Waals surface area contributed by atoms with Gasteiger partial charge in [-0.05, 0) is 39.1 Å². The summed E-state index contributed by atoms with van der Waals surface area (Å²) in [5.74, 6) is 0. The van der Waals surface area contributed by atoms with Gasteiger partial charge in [-0.15, -0.1) is 0 Å². The van der Waals surface area contributed by atoms with E-state index in [1.54, 1.807) is 0 Å². The second-order valence-corrected chi connectivity index (χ2v) is 2.65. The highest BCUT2D eigenvalue weighted by Crippen LogP contribution is 1.82. The lowest BCUT2D eigenvalue weighted by Crippen LogP contribution is -2.13. The average molecular weight is 171 g/mol.